The van der Waals surface area contributed by atoms with E-state index in [0.717, 1.165) is 26.2 Å². The zero-order valence-corrected chi connectivity index (χ0v) is 11.1. The average molecular weight is 235 g/mol. The van der Waals surface area contributed by atoms with E-state index >= 15 is 0 Å². The maximum Gasteiger partial charge on any atom is 0.0591 e. The van der Waals surface area contributed by atoms with E-state index in [-0.39, 0.29) is 0 Å². The van der Waals surface area contributed by atoms with E-state index in [2.05, 4.69) is 43.4 Å². The van der Waals surface area contributed by atoms with E-state index in [1.165, 1.54) is 18.4 Å². The van der Waals surface area contributed by atoms with E-state index in [1.54, 1.807) is 0 Å². The van der Waals surface area contributed by atoms with Crippen LogP contribution in [0.1, 0.15) is 32.3 Å². The summed E-state index contributed by atoms with van der Waals surface area (Å²) in [5.74, 6) is 0. The first-order valence-corrected chi connectivity index (χ1v) is 6.68. The Morgan fingerprint density at radius 3 is 2.65 bits per heavy atom. The predicted octanol–water partition coefficient (Wildman–Crippen LogP) is 3.02. The highest BCUT2D eigenvalue weighted by molar-refractivity contribution is 5.14. The van der Waals surface area contributed by atoms with Crippen LogP contribution < -0.4 is 5.32 Å². The second-order valence-corrected chi connectivity index (χ2v) is 4.49. The zero-order chi connectivity index (χ0) is 12.3. The SMILES string of the molecule is CCCC(C)NCCOCCc1ccccc1. The third-order valence-corrected chi connectivity index (χ3v) is 2.84. The van der Waals surface area contributed by atoms with E-state index in [1.807, 2.05) is 6.07 Å². The molecule has 0 bridgehead atoms. The monoisotopic (exact) mass is 235 g/mol. The minimum Gasteiger partial charge on any atom is -0.380 e. The van der Waals surface area contributed by atoms with Crippen LogP contribution in [0.3, 0.4) is 0 Å². The van der Waals surface area contributed by atoms with Gasteiger partial charge in [0.25, 0.3) is 0 Å². The minimum absolute atomic E-state index is 0.609. The molecule has 0 saturated carbocycles. The fourth-order valence-electron chi connectivity index (χ4n) is 1.85. The van der Waals surface area contributed by atoms with Gasteiger partial charge in [-0.2, -0.15) is 0 Å². The highest BCUT2D eigenvalue weighted by atomic mass is 16.5. The standard InChI is InChI=1S/C15H25NO/c1-3-7-14(2)16-11-13-17-12-10-15-8-5-4-6-9-15/h4-6,8-9,14,16H,3,7,10-13H2,1-2H3. The molecule has 1 atom stereocenters. The summed E-state index contributed by atoms with van der Waals surface area (Å²) >= 11 is 0. The Morgan fingerprint density at radius 1 is 1.18 bits per heavy atom. The summed E-state index contributed by atoms with van der Waals surface area (Å²) in [5, 5.41) is 3.46. The van der Waals surface area contributed by atoms with Gasteiger partial charge in [0, 0.05) is 12.6 Å². The van der Waals surface area contributed by atoms with Gasteiger partial charge in [-0.1, -0.05) is 43.7 Å². The maximum absolute atomic E-state index is 5.60. The Bertz CT molecular complexity index is 274. The van der Waals surface area contributed by atoms with Gasteiger partial charge in [0.1, 0.15) is 0 Å². The fraction of sp³-hybridized carbons (Fsp3) is 0.600. The smallest absolute Gasteiger partial charge is 0.0591 e. The first-order valence-electron chi connectivity index (χ1n) is 6.68. The molecule has 1 unspecified atom stereocenters. The second kappa shape index (κ2) is 9.20. The number of hydrogen-bond donors (Lipinski definition) is 1. The molecule has 0 radical (unpaired) electrons. The van der Waals surface area contributed by atoms with Crippen molar-refractivity contribution in [3.05, 3.63) is 35.9 Å². The summed E-state index contributed by atoms with van der Waals surface area (Å²) in [6, 6.07) is 11.1. The maximum atomic E-state index is 5.60. The molecule has 1 N–H and O–H groups in total. The van der Waals surface area contributed by atoms with Crippen molar-refractivity contribution < 1.29 is 4.74 Å². The molecule has 0 aliphatic heterocycles. The van der Waals surface area contributed by atoms with Crippen molar-refractivity contribution in [2.24, 2.45) is 0 Å². The third kappa shape index (κ3) is 7.14. The van der Waals surface area contributed by atoms with Crippen molar-refractivity contribution in [2.45, 2.75) is 39.2 Å². The Balaban J connectivity index is 1.95. The van der Waals surface area contributed by atoms with Crippen LogP contribution >= 0.6 is 0 Å². The van der Waals surface area contributed by atoms with Crippen LogP contribution in [0.25, 0.3) is 0 Å². The molecular formula is C15H25NO. The number of ether oxygens (including phenoxy) is 1. The molecule has 0 saturated heterocycles. The van der Waals surface area contributed by atoms with E-state index in [4.69, 9.17) is 4.74 Å². The van der Waals surface area contributed by atoms with Crippen LogP contribution in [0.2, 0.25) is 0 Å². The Labute approximate surface area is 105 Å². The summed E-state index contributed by atoms with van der Waals surface area (Å²) in [7, 11) is 0. The normalized spacial score (nSPS) is 12.6. The Morgan fingerprint density at radius 2 is 1.94 bits per heavy atom. The van der Waals surface area contributed by atoms with Crippen LogP contribution in [-0.4, -0.2) is 25.8 Å². The van der Waals surface area contributed by atoms with Crippen molar-refractivity contribution in [1.29, 1.82) is 0 Å². The van der Waals surface area contributed by atoms with Gasteiger partial charge < -0.3 is 10.1 Å². The van der Waals surface area contributed by atoms with Crippen LogP contribution in [0, 0.1) is 0 Å². The molecule has 17 heavy (non-hydrogen) atoms. The molecule has 0 aliphatic carbocycles. The fourth-order valence-corrected chi connectivity index (χ4v) is 1.85. The van der Waals surface area contributed by atoms with Gasteiger partial charge in [-0.05, 0) is 25.3 Å². The van der Waals surface area contributed by atoms with E-state index in [9.17, 15) is 0 Å². The molecule has 1 rings (SSSR count). The lowest BCUT2D eigenvalue weighted by Gasteiger charge is -2.12. The van der Waals surface area contributed by atoms with Gasteiger partial charge in [-0.3, -0.25) is 0 Å². The molecule has 0 fully saturated rings. The molecule has 2 heteroatoms. The van der Waals surface area contributed by atoms with Gasteiger partial charge in [0.05, 0.1) is 13.2 Å². The first-order chi connectivity index (χ1) is 8.33. The number of hydrogen-bond acceptors (Lipinski definition) is 2. The minimum atomic E-state index is 0.609. The van der Waals surface area contributed by atoms with Crippen LogP contribution in [0.5, 0.6) is 0 Å². The highest BCUT2D eigenvalue weighted by Gasteiger charge is 1.98. The molecule has 2 nitrogen and oxygen atoms in total. The quantitative estimate of drug-likeness (QED) is 0.664. The molecule has 0 spiro atoms. The van der Waals surface area contributed by atoms with Gasteiger partial charge in [0.2, 0.25) is 0 Å². The molecule has 0 amide bonds. The summed E-state index contributed by atoms with van der Waals surface area (Å²) in [5.41, 5.74) is 1.35. The summed E-state index contributed by atoms with van der Waals surface area (Å²) < 4.78 is 5.60. The first kappa shape index (κ1) is 14.2. The second-order valence-electron chi connectivity index (χ2n) is 4.49. The van der Waals surface area contributed by atoms with Crippen molar-refractivity contribution in [1.82, 2.24) is 5.32 Å². The molecular weight excluding hydrogens is 210 g/mol. The van der Waals surface area contributed by atoms with Crippen LogP contribution in [-0.2, 0) is 11.2 Å². The number of nitrogens with one attached hydrogen (secondary N) is 1. The Hall–Kier alpha value is -0.860. The van der Waals surface area contributed by atoms with Crippen molar-refractivity contribution >= 4 is 0 Å². The third-order valence-electron chi connectivity index (χ3n) is 2.84. The molecule has 1 aromatic carbocycles. The molecule has 96 valence electrons. The molecule has 0 aliphatic rings. The molecule has 1 aromatic rings. The lowest BCUT2D eigenvalue weighted by molar-refractivity contribution is 0.137. The van der Waals surface area contributed by atoms with E-state index in [0.29, 0.717) is 6.04 Å². The largest absolute Gasteiger partial charge is 0.380 e. The summed E-state index contributed by atoms with van der Waals surface area (Å²) in [6.45, 7) is 7.02. The number of benzene rings is 1. The summed E-state index contributed by atoms with van der Waals surface area (Å²) in [4.78, 5) is 0. The van der Waals surface area contributed by atoms with E-state index < -0.39 is 0 Å². The van der Waals surface area contributed by atoms with Gasteiger partial charge in [0.15, 0.2) is 0 Å². The zero-order valence-electron chi connectivity index (χ0n) is 11.1. The average Bonchev–Trinajstić information content (AvgIpc) is 2.35. The van der Waals surface area contributed by atoms with Gasteiger partial charge in [-0.15, -0.1) is 0 Å². The van der Waals surface area contributed by atoms with Crippen molar-refractivity contribution in [3.63, 3.8) is 0 Å². The van der Waals surface area contributed by atoms with Crippen molar-refractivity contribution in [2.75, 3.05) is 19.8 Å². The van der Waals surface area contributed by atoms with Crippen molar-refractivity contribution in [3.8, 4) is 0 Å². The number of rotatable bonds is 9. The topological polar surface area (TPSA) is 21.3 Å². The Kier molecular flexibility index (Phi) is 7.69. The lowest BCUT2D eigenvalue weighted by Crippen LogP contribution is -2.29. The molecule has 0 heterocycles. The summed E-state index contributed by atoms with van der Waals surface area (Å²) in [6.07, 6.45) is 3.48. The van der Waals surface area contributed by atoms with Crippen LogP contribution in [0.15, 0.2) is 30.3 Å². The molecule has 0 aromatic heterocycles. The van der Waals surface area contributed by atoms with Gasteiger partial charge in [-0.25, -0.2) is 0 Å². The van der Waals surface area contributed by atoms with Gasteiger partial charge >= 0.3 is 0 Å². The predicted molar refractivity (Wildman–Crippen MR) is 73.3 cm³/mol. The highest BCUT2D eigenvalue weighted by Crippen LogP contribution is 1.99. The van der Waals surface area contributed by atoms with Crippen LogP contribution in [0.4, 0.5) is 0 Å². The lowest BCUT2D eigenvalue weighted by atomic mass is 10.2.